The lowest BCUT2D eigenvalue weighted by atomic mass is 9.97. The first-order valence-electron chi connectivity index (χ1n) is 9.98. The van der Waals surface area contributed by atoms with Crippen molar-refractivity contribution in [3.63, 3.8) is 0 Å². The summed E-state index contributed by atoms with van der Waals surface area (Å²) in [6, 6.07) is 7.20. The van der Waals surface area contributed by atoms with Crippen LogP contribution in [0.25, 0.3) is 0 Å². The van der Waals surface area contributed by atoms with Crippen molar-refractivity contribution >= 4 is 40.5 Å². The van der Waals surface area contributed by atoms with Gasteiger partial charge in [0.05, 0.1) is 30.6 Å². The maximum Gasteiger partial charge on any atom is 0.250 e. The van der Waals surface area contributed by atoms with Crippen LogP contribution >= 0.6 is 22.9 Å². The van der Waals surface area contributed by atoms with Gasteiger partial charge in [0.1, 0.15) is 12.3 Å². The highest BCUT2D eigenvalue weighted by Crippen LogP contribution is 2.36. The van der Waals surface area contributed by atoms with Crippen LogP contribution in [-0.2, 0) is 35.4 Å². The van der Waals surface area contributed by atoms with Crippen LogP contribution in [0.15, 0.2) is 24.3 Å². The van der Waals surface area contributed by atoms with Gasteiger partial charge in [-0.2, -0.15) is 0 Å². The number of thiophene rings is 1. The van der Waals surface area contributed by atoms with Crippen molar-refractivity contribution in [3.05, 3.63) is 55.7 Å². The Morgan fingerprint density at radius 2 is 1.83 bits per heavy atom. The fraction of sp³-hybridized carbons (Fsp3) is 0.409. The van der Waals surface area contributed by atoms with E-state index in [0.29, 0.717) is 23.4 Å². The van der Waals surface area contributed by atoms with E-state index in [2.05, 4.69) is 7.05 Å². The van der Waals surface area contributed by atoms with Gasteiger partial charge in [-0.25, -0.2) is 0 Å². The van der Waals surface area contributed by atoms with Gasteiger partial charge in [0, 0.05) is 42.0 Å². The van der Waals surface area contributed by atoms with Crippen molar-refractivity contribution in [1.82, 2.24) is 0 Å². The molecule has 3 rings (SSSR count). The van der Waals surface area contributed by atoms with Crippen molar-refractivity contribution < 1.29 is 18.9 Å². The molecule has 2 amide bonds. The standard InChI is InChI=1S/C22H26ClN3O3S/c1-26(9-2-3-20(24)28)10-8-17-19(13-26)30-18(21(17)22(25)29)12-16(27)11-14-4-6-15(23)7-5-14/h4-7H,2-3,8-13H2,1H3,(H3-,24,25,28,29)/p+1. The van der Waals surface area contributed by atoms with Gasteiger partial charge in [-0.05, 0) is 23.3 Å². The zero-order chi connectivity index (χ0) is 21.9. The minimum atomic E-state index is -0.466. The quantitative estimate of drug-likeness (QED) is 0.576. The summed E-state index contributed by atoms with van der Waals surface area (Å²) < 4.78 is 0.789. The molecule has 1 aliphatic heterocycles. The molecule has 0 saturated heterocycles. The lowest BCUT2D eigenvalue weighted by Gasteiger charge is -2.37. The van der Waals surface area contributed by atoms with Gasteiger partial charge >= 0.3 is 0 Å². The molecule has 2 aromatic rings. The third-order valence-corrected chi connectivity index (χ3v) is 7.10. The Labute approximate surface area is 185 Å². The third kappa shape index (κ3) is 5.47. The smallest absolute Gasteiger partial charge is 0.250 e. The molecule has 2 heterocycles. The number of carbonyl (C=O) groups excluding carboxylic acids is 3. The van der Waals surface area contributed by atoms with E-state index < -0.39 is 5.91 Å². The molecule has 0 aliphatic carbocycles. The van der Waals surface area contributed by atoms with Gasteiger partial charge in [0.15, 0.2) is 0 Å². The van der Waals surface area contributed by atoms with Crippen LogP contribution in [0, 0.1) is 0 Å². The molecule has 4 N–H and O–H groups in total. The molecule has 0 fully saturated rings. The first-order valence-corrected chi connectivity index (χ1v) is 11.2. The highest BCUT2D eigenvalue weighted by molar-refractivity contribution is 7.12. The van der Waals surface area contributed by atoms with Crippen LogP contribution in [0.1, 0.15) is 44.1 Å². The largest absolute Gasteiger partial charge is 0.370 e. The van der Waals surface area contributed by atoms with Crippen molar-refractivity contribution in [1.29, 1.82) is 0 Å². The minimum absolute atomic E-state index is 0.0390. The van der Waals surface area contributed by atoms with Crippen molar-refractivity contribution in [2.24, 2.45) is 11.5 Å². The molecule has 1 aromatic heterocycles. The van der Waals surface area contributed by atoms with E-state index in [-0.39, 0.29) is 18.1 Å². The number of Topliss-reactive ketones (excluding diaryl/α,β-unsaturated/α-hetero) is 1. The lowest BCUT2D eigenvalue weighted by Crippen LogP contribution is -2.48. The van der Waals surface area contributed by atoms with E-state index in [4.69, 9.17) is 23.1 Å². The Balaban J connectivity index is 1.75. The number of hydrogen-bond acceptors (Lipinski definition) is 4. The topological polar surface area (TPSA) is 103 Å². The van der Waals surface area contributed by atoms with Crippen molar-refractivity contribution in [2.75, 3.05) is 20.1 Å². The lowest BCUT2D eigenvalue weighted by molar-refractivity contribution is -0.924. The molecular formula is C22H27ClN3O3S+. The predicted molar refractivity (Wildman–Crippen MR) is 118 cm³/mol. The number of benzene rings is 1. The van der Waals surface area contributed by atoms with Crippen molar-refractivity contribution in [3.8, 4) is 0 Å². The molecule has 8 heteroatoms. The normalized spacial score (nSPS) is 18.1. The molecule has 160 valence electrons. The molecule has 1 aliphatic rings. The molecule has 1 aromatic carbocycles. The molecule has 1 atom stereocenters. The number of fused-ring (bicyclic) bond motifs is 1. The number of hydrogen-bond donors (Lipinski definition) is 2. The summed E-state index contributed by atoms with van der Waals surface area (Å²) in [5.74, 6) is -0.711. The van der Waals surface area contributed by atoms with Crippen molar-refractivity contribution in [2.45, 2.75) is 38.6 Å². The number of quaternary nitrogens is 1. The first kappa shape index (κ1) is 22.5. The third-order valence-electron chi connectivity index (χ3n) is 5.63. The van der Waals surface area contributed by atoms with Gasteiger partial charge in [-0.3, -0.25) is 14.4 Å². The predicted octanol–water partition coefficient (Wildman–Crippen LogP) is 2.62. The molecule has 6 nitrogen and oxygen atoms in total. The van der Waals surface area contributed by atoms with Gasteiger partial charge < -0.3 is 16.0 Å². The number of nitrogens with two attached hydrogens (primary N) is 2. The number of nitrogens with zero attached hydrogens (tertiary/aromatic N) is 1. The average molecular weight is 449 g/mol. The van der Waals surface area contributed by atoms with Crippen LogP contribution in [0.3, 0.4) is 0 Å². The molecule has 0 spiro atoms. The number of rotatable bonds is 9. The highest BCUT2D eigenvalue weighted by Gasteiger charge is 2.34. The number of carbonyl (C=O) groups is 3. The number of primary amides is 2. The van der Waals surface area contributed by atoms with Crippen LogP contribution in [0.4, 0.5) is 0 Å². The van der Waals surface area contributed by atoms with E-state index in [0.717, 1.165) is 57.8 Å². The summed E-state index contributed by atoms with van der Waals surface area (Å²) in [7, 11) is 2.15. The van der Waals surface area contributed by atoms with Crippen LogP contribution in [0.2, 0.25) is 5.02 Å². The molecule has 0 saturated carbocycles. The monoisotopic (exact) mass is 448 g/mol. The second-order valence-corrected chi connectivity index (χ2v) is 9.86. The second-order valence-electron chi connectivity index (χ2n) is 8.23. The summed E-state index contributed by atoms with van der Waals surface area (Å²) >= 11 is 7.43. The fourth-order valence-corrected chi connectivity index (χ4v) is 5.76. The summed E-state index contributed by atoms with van der Waals surface area (Å²) in [4.78, 5) is 37.8. The van der Waals surface area contributed by atoms with Crippen LogP contribution < -0.4 is 11.5 Å². The van der Waals surface area contributed by atoms with E-state index in [9.17, 15) is 14.4 Å². The summed E-state index contributed by atoms with van der Waals surface area (Å²) in [6.45, 7) is 2.47. The SMILES string of the molecule is C[N+]1(CCCC(N)=O)CCc2c(sc(CC(=O)Cc3ccc(Cl)cc3)c2C(N)=O)C1. The van der Waals surface area contributed by atoms with E-state index in [1.807, 2.05) is 12.1 Å². The Morgan fingerprint density at radius 1 is 1.13 bits per heavy atom. The van der Waals surface area contributed by atoms with Crippen LogP contribution in [-0.4, -0.2) is 42.2 Å². The number of likely N-dealkylation sites (N-methyl/N-ethyl adjacent to an activating group) is 1. The molecule has 30 heavy (non-hydrogen) atoms. The fourth-order valence-electron chi connectivity index (χ4n) is 4.08. The van der Waals surface area contributed by atoms with E-state index >= 15 is 0 Å². The summed E-state index contributed by atoms with van der Waals surface area (Å²) in [6.07, 6.45) is 2.34. The zero-order valence-electron chi connectivity index (χ0n) is 17.1. The molecule has 0 radical (unpaired) electrons. The van der Waals surface area contributed by atoms with E-state index in [1.54, 1.807) is 12.1 Å². The highest BCUT2D eigenvalue weighted by atomic mass is 35.5. The summed E-state index contributed by atoms with van der Waals surface area (Å²) in [5.41, 5.74) is 13.4. The zero-order valence-corrected chi connectivity index (χ0v) is 18.7. The van der Waals surface area contributed by atoms with Gasteiger partial charge in [0.2, 0.25) is 11.8 Å². The maximum atomic E-state index is 12.7. The Bertz CT molecular complexity index is 971. The molecule has 1 unspecified atom stereocenters. The first-order chi connectivity index (χ1) is 14.2. The summed E-state index contributed by atoms with van der Waals surface area (Å²) in [5, 5.41) is 0.630. The Hall–Kier alpha value is -2.22. The van der Waals surface area contributed by atoms with Crippen LogP contribution in [0.5, 0.6) is 0 Å². The van der Waals surface area contributed by atoms with Gasteiger partial charge in [-0.15, -0.1) is 11.3 Å². The maximum absolute atomic E-state index is 12.7. The minimum Gasteiger partial charge on any atom is -0.370 e. The Morgan fingerprint density at radius 3 is 2.47 bits per heavy atom. The van der Waals surface area contributed by atoms with Gasteiger partial charge in [0.25, 0.3) is 0 Å². The number of halogens is 1. The molecule has 0 bridgehead atoms. The second kappa shape index (κ2) is 9.29. The molecular weight excluding hydrogens is 422 g/mol. The number of ketones is 1. The average Bonchev–Trinajstić information content (AvgIpc) is 2.99. The number of amides is 2. The van der Waals surface area contributed by atoms with E-state index in [1.165, 1.54) is 11.3 Å². The Kier molecular flexibility index (Phi) is 6.95. The van der Waals surface area contributed by atoms with Gasteiger partial charge in [-0.1, -0.05) is 23.7 Å².